The highest BCUT2D eigenvalue weighted by atomic mass is 32.2. The molecular weight excluding hydrogens is 260 g/mol. The van der Waals surface area contributed by atoms with E-state index in [0.717, 1.165) is 5.56 Å². The van der Waals surface area contributed by atoms with Crippen LogP contribution in [0.2, 0.25) is 0 Å². The molecule has 4 heteroatoms. The molecule has 1 aromatic carbocycles. The first-order valence-electron chi connectivity index (χ1n) is 6.52. The van der Waals surface area contributed by atoms with Crippen LogP contribution in [0.25, 0.3) is 0 Å². The number of rotatable bonds is 5. The fraction of sp³-hybridized carbons (Fsp3) is 0.600. The van der Waals surface area contributed by atoms with E-state index in [1.807, 2.05) is 19.1 Å². The Kier molecular flexibility index (Phi) is 5.71. The number of benzene rings is 1. The topological polar surface area (TPSA) is 57.5 Å². The molecule has 1 rings (SSSR count). The summed E-state index contributed by atoms with van der Waals surface area (Å²) in [5, 5.41) is 18.0. The van der Waals surface area contributed by atoms with Crippen molar-refractivity contribution in [1.29, 1.82) is 0 Å². The molecule has 0 aliphatic rings. The number of aliphatic hydroxyl groups is 2. The largest absolute Gasteiger partial charge is 0.394 e. The monoisotopic (exact) mass is 284 g/mol. The van der Waals surface area contributed by atoms with E-state index in [9.17, 15) is 9.32 Å². The van der Waals surface area contributed by atoms with Crippen LogP contribution in [0.5, 0.6) is 0 Å². The molecule has 3 nitrogen and oxygen atoms in total. The van der Waals surface area contributed by atoms with Gasteiger partial charge in [-0.2, -0.15) is 0 Å². The summed E-state index contributed by atoms with van der Waals surface area (Å²) in [6.07, 6.45) is -0.905. The lowest BCUT2D eigenvalue weighted by Crippen LogP contribution is -2.22. The predicted octanol–water partition coefficient (Wildman–Crippen LogP) is 2.15. The minimum atomic E-state index is -1.18. The lowest BCUT2D eigenvalue weighted by atomic mass is 9.86. The molecule has 0 bridgehead atoms. The Morgan fingerprint density at radius 3 is 2.16 bits per heavy atom. The van der Waals surface area contributed by atoms with E-state index in [1.165, 1.54) is 5.56 Å². The minimum Gasteiger partial charge on any atom is -0.394 e. The van der Waals surface area contributed by atoms with Gasteiger partial charge < -0.3 is 10.2 Å². The molecule has 19 heavy (non-hydrogen) atoms. The second-order valence-electron chi connectivity index (χ2n) is 5.90. The Bertz CT molecular complexity index is 420. The van der Waals surface area contributed by atoms with Crippen molar-refractivity contribution in [3.8, 4) is 0 Å². The van der Waals surface area contributed by atoms with Gasteiger partial charge in [-0.3, -0.25) is 4.21 Å². The van der Waals surface area contributed by atoms with Crippen molar-refractivity contribution in [2.24, 2.45) is 0 Å². The van der Waals surface area contributed by atoms with Crippen LogP contribution in [0, 0.1) is 0 Å². The van der Waals surface area contributed by atoms with E-state index in [2.05, 4.69) is 32.9 Å². The molecule has 3 atom stereocenters. The summed E-state index contributed by atoms with van der Waals surface area (Å²) in [6.45, 7) is 8.00. The molecule has 0 aliphatic carbocycles. The Balaban J connectivity index is 2.78. The summed E-state index contributed by atoms with van der Waals surface area (Å²) >= 11 is 0. The van der Waals surface area contributed by atoms with Gasteiger partial charge in [-0.25, -0.2) is 0 Å². The number of aliphatic hydroxyl groups excluding tert-OH is 2. The smallest absolute Gasteiger partial charge is 0.0886 e. The zero-order valence-corrected chi connectivity index (χ0v) is 12.9. The maximum absolute atomic E-state index is 12.0. The molecule has 0 heterocycles. The van der Waals surface area contributed by atoms with E-state index in [0.29, 0.717) is 0 Å². The second kappa shape index (κ2) is 6.64. The molecule has 0 amide bonds. The highest BCUT2D eigenvalue weighted by molar-refractivity contribution is 7.85. The van der Waals surface area contributed by atoms with Crippen LogP contribution in [0.1, 0.15) is 44.1 Å². The Morgan fingerprint density at radius 2 is 1.74 bits per heavy atom. The van der Waals surface area contributed by atoms with Crippen LogP contribution in [-0.4, -0.2) is 32.9 Å². The predicted molar refractivity (Wildman–Crippen MR) is 79.7 cm³/mol. The molecule has 0 aromatic heterocycles. The van der Waals surface area contributed by atoms with Crippen molar-refractivity contribution < 1.29 is 14.4 Å². The lowest BCUT2D eigenvalue weighted by Gasteiger charge is -2.20. The summed E-state index contributed by atoms with van der Waals surface area (Å²) in [6, 6.07) is 8.11. The van der Waals surface area contributed by atoms with E-state index in [1.54, 1.807) is 0 Å². The van der Waals surface area contributed by atoms with Gasteiger partial charge in [0, 0.05) is 10.8 Å². The molecule has 0 fully saturated rings. The normalized spacial score (nSPS) is 16.9. The van der Waals surface area contributed by atoms with Crippen LogP contribution < -0.4 is 0 Å². The summed E-state index contributed by atoms with van der Waals surface area (Å²) < 4.78 is 12.0. The van der Waals surface area contributed by atoms with Crippen molar-refractivity contribution >= 4 is 10.8 Å². The summed E-state index contributed by atoms with van der Waals surface area (Å²) in [4.78, 5) is 0. The fourth-order valence-corrected chi connectivity index (χ4v) is 3.03. The first-order chi connectivity index (χ1) is 8.75. The van der Waals surface area contributed by atoms with Gasteiger partial charge in [-0.05, 0) is 23.5 Å². The average Bonchev–Trinajstić information content (AvgIpc) is 2.36. The van der Waals surface area contributed by atoms with Gasteiger partial charge >= 0.3 is 0 Å². The van der Waals surface area contributed by atoms with E-state index in [-0.39, 0.29) is 23.0 Å². The van der Waals surface area contributed by atoms with Crippen molar-refractivity contribution in [2.75, 3.05) is 12.4 Å². The third kappa shape index (κ3) is 4.71. The molecular formula is C15H24O3S. The molecule has 0 unspecified atom stereocenters. The van der Waals surface area contributed by atoms with Gasteiger partial charge in [-0.1, -0.05) is 45.0 Å². The Labute approximate surface area is 118 Å². The number of hydrogen-bond acceptors (Lipinski definition) is 3. The van der Waals surface area contributed by atoms with Gasteiger partial charge in [0.15, 0.2) is 0 Å². The maximum atomic E-state index is 12.0. The highest BCUT2D eigenvalue weighted by Crippen LogP contribution is 2.26. The molecule has 0 saturated heterocycles. The lowest BCUT2D eigenvalue weighted by molar-refractivity contribution is 0.113. The zero-order valence-electron chi connectivity index (χ0n) is 12.1. The van der Waals surface area contributed by atoms with Crippen molar-refractivity contribution in [3.05, 3.63) is 35.4 Å². The quantitative estimate of drug-likeness (QED) is 0.871. The van der Waals surface area contributed by atoms with Gasteiger partial charge in [0.1, 0.15) is 0 Å². The number of hydrogen-bond donors (Lipinski definition) is 2. The minimum absolute atomic E-state index is 0.105. The van der Waals surface area contributed by atoms with Crippen molar-refractivity contribution in [2.45, 2.75) is 44.5 Å². The van der Waals surface area contributed by atoms with E-state index in [4.69, 9.17) is 5.11 Å². The fourth-order valence-electron chi connectivity index (χ4n) is 1.79. The average molecular weight is 284 g/mol. The van der Waals surface area contributed by atoms with Crippen LogP contribution in [0.15, 0.2) is 24.3 Å². The molecule has 0 saturated carbocycles. The molecule has 108 valence electrons. The summed E-state index contributed by atoms with van der Waals surface area (Å²) in [5.41, 5.74) is 2.34. The van der Waals surface area contributed by atoms with Gasteiger partial charge in [0.05, 0.1) is 23.7 Å². The molecule has 0 aliphatic heterocycles. The molecule has 2 N–H and O–H groups in total. The first-order valence-corrected chi connectivity index (χ1v) is 7.90. The van der Waals surface area contributed by atoms with Crippen LogP contribution in [0.4, 0.5) is 0 Å². The third-order valence-corrected chi connectivity index (χ3v) is 4.98. The van der Waals surface area contributed by atoms with Gasteiger partial charge in [-0.15, -0.1) is 0 Å². The summed E-state index contributed by atoms with van der Waals surface area (Å²) in [5.74, 6) is 0.110. The van der Waals surface area contributed by atoms with Crippen molar-refractivity contribution in [3.63, 3.8) is 0 Å². The van der Waals surface area contributed by atoms with E-state index < -0.39 is 16.9 Å². The zero-order chi connectivity index (χ0) is 14.6. The Morgan fingerprint density at radius 1 is 1.21 bits per heavy atom. The second-order valence-corrected chi connectivity index (χ2v) is 7.70. The molecule has 0 radical (unpaired) electrons. The van der Waals surface area contributed by atoms with E-state index >= 15 is 0 Å². The van der Waals surface area contributed by atoms with Crippen LogP contribution >= 0.6 is 0 Å². The third-order valence-electron chi connectivity index (χ3n) is 3.21. The van der Waals surface area contributed by atoms with Crippen LogP contribution in [0.3, 0.4) is 0 Å². The maximum Gasteiger partial charge on any atom is 0.0886 e. The SMILES string of the molecule is C[C@@H](c1ccc(C(C)(C)C)cc1)[S@@](=O)C[C@H](O)CO. The highest BCUT2D eigenvalue weighted by Gasteiger charge is 2.18. The van der Waals surface area contributed by atoms with Crippen LogP contribution in [-0.2, 0) is 16.2 Å². The summed E-state index contributed by atoms with van der Waals surface area (Å²) in [7, 11) is -1.18. The first kappa shape index (κ1) is 16.3. The standard InChI is InChI=1S/C15H24O3S/c1-11(19(18)10-14(17)9-16)12-5-7-13(8-6-12)15(2,3)4/h5-8,11,14,16-17H,9-10H2,1-4H3/t11-,14+,19-/m0/s1. The molecule has 1 aromatic rings. The van der Waals surface area contributed by atoms with Gasteiger partial charge in [0.2, 0.25) is 0 Å². The van der Waals surface area contributed by atoms with Crippen molar-refractivity contribution in [1.82, 2.24) is 0 Å². The van der Waals surface area contributed by atoms with Gasteiger partial charge in [0.25, 0.3) is 0 Å². The Hall–Kier alpha value is -0.710. The molecule has 0 spiro atoms.